The Hall–Kier alpha value is -1.87. The van der Waals surface area contributed by atoms with Gasteiger partial charge in [0.2, 0.25) is 15.9 Å². The maximum atomic E-state index is 12.8. The zero-order valence-corrected chi connectivity index (χ0v) is 12.0. The van der Waals surface area contributed by atoms with Crippen LogP contribution in [-0.2, 0) is 16.4 Å². The van der Waals surface area contributed by atoms with Crippen LogP contribution in [0.15, 0.2) is 22.9 Å². The summed E-state index contributed by atoms with van der Waals surface area (Å²) in [6.07, 6.45) is 1.79. The van der Waals surface area contributed by atoms with Gasteiger partial charge in [-0.2, -0.15) is 4.98 Å². The molecule has 0 radical (unpaired) electrons. The Morgan fingerprint density at radius 3 is 2.90 bits per heavy atom. The van der Waals surface area contributed by atoms with Crippen molar-refractivity contribution >= 4 is 10.0 Å². The quantitative estimate of drug-likeness (QED) is 0.836. The second-order valence-electron chi connectivity index (χ2n) is 4.84. The molecule has 0 aliphatic carbocycles. The van der Waals surface area contributed by atoms with Crippen molar-refractivity contribution in [2.75, 3.05) is 13.6 Å². The van der Waals surface area contributed by atoms with Crippen molar-refractivity contribution in [1.82, 2.24) is 19.4 Å². The Morgan fingerprint density at radius 2 is 2.29 bits per heavy atom. The summed E-state index contributed by atoms with van der Waals surface area (Å²) >= 11 is 0. The molecule has 112 valence electrons. The SMILES string of the molecule is CN1CC[C@@H](c2nc(Cc3ccc(F)cn3)no2)S1(=O)=O. The van der Waals surface area contributed by atoms with E-state index in [0.717, 1.165) is 6.20 Å². The first kappa shape index (κ1) is 14.1. The van der Waals surface area contributed by atoms with Gasteiger partial charge in [-0.1, -0.05) is 5.16 Å². The molecule has 21 heavy (non-hydrogen) atoms. The zero-order valence-electron chi connectivity index (χ0n) is 11.2. The molecule has 3 rings (SSSR count). The van der Waals surface area contributed by atoms with E-state index in [1.165, 1.54) is 23.5 Å². The number of nitrogens with zero attached hydrogens (tertiary/aromatic N) is 4. The van der Waals surface area contributed by atoms with Crippen molar-refractivity contribution in [1.29, 1.82) is 0 Å². The molecule has 7 nitrogen and oxygen atoms in total. The lowest BCUT2D eigenvalue weighted by Gasteiger charge is -2.07. The summed E-state index contributed by atoms with van der Waals surface area (Å²) in [5.74, 6) is -0.00189. The molecule has 1 aliphatic heterocycles. The van der Waals surface area contributed by atoms with Gasteiger partial charge in [0.1, 0.15) is 5.82 Å². The van der Waals surface area contributed by atoms with Gasteiger partial charge in [0.15, 0.2) is 11.1 Å². The summed E-state index contributed by atoms with van der Waals surface area (Å²) in [6, 6.07) is 2.81. The minimum absolute atomic E-state index is 0.0939. The third-order valence-electron chi connectivity index (χ3n) is 3.39. The third-order valence-corrected chi connectivity index (χ3v) is 5.60. The molecule has 2 aromatic heterocycles. The van der Waals surface area contributed by atoms with E-state index in [9.17, 15) is 12.8 Å². The van der Waals surface area contributed by atoms with Crippen LogP contribution >= 0.6 is 0 Å². The van der Waals surface area contributed by atoms with Crippen molar-refractivity contribution in [2.45, 2.75) is 18.1 Å². The first-order valence-corrected chi connectivity index (χ1v) is 7.85. The lowest BCUT2D eigenvalue weighted by molar-refractivity contribution is 0.368. The number of aromatic nitrogens is 3. The van der Waals surface area contributed by atoms with Crippen LogP contribution in [0.1, 0.15) is 29.1 Å². The van der Waals surface area contributed by atoms with E-state index in [2.05, 4.69) is 15.1 Å². The second kappa shape index (κ2) is 5.15. The zero-order chi connectivity index (χ0) is 15.0. The summed E-state index contributed by atoms with van der Waals surface area (Å²) in [5.41, 5.74) is 0.579. The van der Waals surface area contributed by atoms with E-state index in [1.807, 2.05) is 0 Å². The molecule has 0 saturated carbocycles. The lowest BCUT2D eigenvalue weighted by atomic mass is 10.2. The van der Waals surface area contributed by atoms with Gasteiger partial charge < -0.3 is 4.52 Å². The molecule has 0 bridgehead atoms. The standard InChI is InChI=1S/C12H13FN4O3S/c1-17-5-4-10(21(17,18)19)12-15-11(16-20-12)6-9-3-2-8(13)7-14-9/h2-3,7,10H,4-6H2,1H3/t10-/m0/s1. The van der Waals surface area contributed by atoms with Crippen LogP contribution in [0.25, 0.3) is 0 Å². The van der Waals surface area contributed by atoms with Crippen LogP contribution in [-0.4, -0.2) is 41.4 Å². The van der Waals surface area contributed by atoms with Gasteiger partial charge in [0, 0.05) is 19.3 Å². The smallest absolute Gasteiger partial charge is 0.246 e. The van der Waals surface area contributed by atoms with E-state index in [-0.39, 0.29) is 12.3 Å². The van der Waals surface area contributed by atoms with E-state index in [0.29, 0.717) is 24.5 Å². The highest BCUT2D eigenvalue weighted by molar-refractivity contribution is 7.89. The van der Waals surface area contributed by atoms with Crippen LogP contribution in [0.5, 0.6) is 0 Å². The molecule has 0 N–H and O–H groups in total. The average molecular weight is 312 g/mol. The molecule has 1 saturated heterocycles. The van der Waals surface area contributed by atoms with Gasteiger partial charge >= 0.3 is 0 Å². The second-order valence-corrected chi connectivity index (χ2v) is 7.06. The molecule has 3 heterocycles. The van der Waals surface area contributed by atoms with E-state index < -0.39 is 21.1 Å². The summed E-state index contributed by atoms with van der Waals surface area (Å²) in [5, 5.41) is 2.98. The van der Waals surface area contributed by atoms with Gasteiger partial charge in [0.25, 0.3) is 0 Å². The number of pyridine rings is 1. The van der Waals surface area contributed by atoms with Crippen LogP contribution in [0.3, 0.4) is 0 Å². The van der Waals surface area contributed by atoms with Crippen LogP contribution < -0.4 is 0 Å². The predicted molar refractivity (Wildman–Crippen MR) is 70.2 cm³/mol. The maximum absolute atomic E-state index is 12.8. The van der Waals surface area contributed by atoms with Crippen molar-refractivity contribution in [3.63, 3.8) is 0 Å². The first-order valence-electron chi connectivity index (χ1n) is 6.35. The Kier molecular flexibility index (Phi) is 3.46. The number of sulfonamides is 1. The number of hydrogen-bond acceptors (Lipinski definition) is 6. The van der Waals surface area contributed by atoms with Gasteiger partial charge in [0.05, 0.1) is 12.6 Å². The first-order chi connectivity index (χ1) is 9.96. The van der Waals surface area contributed by atoms with E-state index >= 15 is 0 Å². The summed E-state index contributed by atoms with van der Waals surface area (Å²) in [7, 11) is -1.89. The van der Waals surface area contributed by atoms with E-state index in [1.54, 1.807) is 0 Å². The molecule has 1 aliphatic rings. The fourth-order valence-corrected chi connectivity index (χ4v) is 3.73. The largest absolute Gasteiger partial charge is 0.338 e. The molecule has 0 amide bonds. The minimum Gasteiger partial charge on any atom is -0.338 e. The van der Waals surface area contributed by atoms with E-state index in [4.69, 9.17) is 4.52 Å². The molecule has 0 aromatic carbocycles. The average Bonchev–Trinajstić information content (AvgIpc) is 2.98. The normalized spacial score (nSPS) is 21.7. The lowest BCUT2D eigenvalue weighted by Crippen LogP contribution is -2.22. The van der Waals surface area contributed by atoms with Gasteiger partial charge in [-0.15, -0.1) is 0 Å². The predicted octanol–water partition coefficient (Wildman–Crippen LogP) is 0.901. The van der Waals surface area contributed by atoms with Crippen LogP contribution in [0.2, 0.25) is 0 Å². The minimum atomic E-state index is -3.41. The fourth-order valence-electron chi connectivity index (χ4n) is 2.19. The number of rotatable bonds is 3. The third kappa shape index (κ3) is 2.66. The Labute approximate surface area is 120 Å². The maximum Gasteiger partial charge on any atom is 0.246 e. The monoisotopic (exact) mass is 312 g/mol. The van der Waals surface area contributed by atoms with Gasteiger partial charge in [-0.3, -0.25) is 4.98 Å². The molecule has 1 atom stereocenters. The topological polar surface area (TPSA) is 89.2 Å². The number of halogens is 1. The molecule has 0 unspecified atom stereocenters. The molecular formula is C12H13FN4O3S. The number of hydrogen-bond donors (Lipinski definition) is 0. The highest BCUT2D eigenvalue weighted by Crippen LogP contribution is 2.33. The van der Waals surface area contributed by atoms with Crippen molar-refractivity contribution in [2.24, 2.45) is 0 Å². The van der Waals surface area contributed by atoms with Crippen molar-refractivity contribution in [3.05, 3.63) is 41.6 Å². The van der Waals surface area contributed by atoms with Crippen molar-refractivity contribution < 1.29 is 17.3 Å². The molecule has 1 fully saturated rings. The molecule has 0 spiro atoms. The summed E-state index contributed by atoms with van der Waals surface area (Å²) in [4.78, 5) is 8.02. The highest BCUT2D eigenvalue weighted by atomic mass is 32.2. The van der Waals surface area contributed by atoms with Crippen molar-refractivity contribution in [3.8, 4) is 0 Å². The Bertz CT molecular complexity index is 744. The molecular weight excluding hydrogens is 299 g/mol. The van der Waals surface area contributed by atoms with Crippen LogP contribution in [0.4, 0.5) is 4.39 Å². The Balaban J connectivity index is 1.79. The fraction of sp³-hybridized carbons (Fsp3) is 0.417. The van der Waals surface area contributed by atoms with Gasteiger partial charge in [-0.25, -0.2) is 17.1 Å². The van der Waals surface area contributed by atoms with Crippen LogP contribution in [0, 0.1) is 5.82 Å². The van der Waals surface area contributed by atoms with Gasteiger partial charge in [-0.05, 0) is 18.6 Å². The highest BCUT2D eigenvalue weighted by Gasteiger charge is 2.41. The summed E-state index contributed by atoms with van der Waals surface area (Å²) in [6.45, 7) is 0.435. The summed E-state index contributed by atoms with van der Waals surface area (Å²) < 4.78 is 43.2. The Morgan fingerprint density at radius 1 is 1.48 bits per heavy atom. The molecule has 9 heteroatoms. The molecule has 2 aromatic rings.